The van der Waals surface area contributed by atoms with Crippen LogP contribution in [0.25, 0.3) is 16.9 Å². The maximum absolute atomic E-state index is 13.0. The Morgan fingerprint density at radius 1 is 1.26 bits per heavy atom. The van der Waals surface area contributed by atoms with Crippen LogP contribution in [0.2, 0.25) is 5.02 Å². The molecular weight excluding hydrogens is 265 g/mol. The van der Waals surface area contributed by atoms with E-state index < -0.39 is 0 Å². The molecule has 5 heteroatoms. The molecule has 3 rings (SSSR count). The summed E-state index contributed by atoms with van der Waals surface area (Å²) >= 11 is 6.04. The Morgan fingerprint density at radius 2 is 2.11 bits per heavy atom. The van der Waals surface area contributed by atoms with E-state index >= 15 is 0 Å². The lowest BCUT2D eigenvalue weighted by Gasteiger charge is -1.99. The Balaban J connectivity index is 2.14. The van der Waals surface area contributed by atoms with Crippen molar-refractivity contribution in [2.75, 3.05) is 0 Å². The van der Waals surface area contributed by atoms with Crippen LogP contribution in [-0.2, 0) is 6.54 Å². The normalized spacial score (nSPS) is 11.1. The first-order chi connectivity index (χ1) is 9.17. The molecule has 0 bridgehead atoms. The van der Waals surface area contributed by atoms with Crippen LogP contribution in [-0.4, -0.2) is 9.38 Å². The van der Waals surface area contributed by atoms with Crippen molar-refractivity contribution in [1.29, 1.82) is 0 Å². The number of nitrogens with two attached hydrogens (primary N) is 1. The molecule has 0 atom stereocenters. The number of hydrogen-bond acceptors (Lipinski definition) is 2. The fourth-order valence-electron chi connectivity index (χ4n) is 1.98. The predicted molar refractivity (Wildman–Crippen MR) is 73.5 cm³/mol. The summed E-state index contributed by atoms with van der Waals surface area (Å²) in [6, 6.07) is 8.14. The molecule has 0 saturated heterocycles. The van der Waals surface area contributed by atoms with Gasteiger partial charge in [0.15, 0.2) is 0 Å². The third-order valence-electron chi connectivity index (χ3n) is 2.97. The lowest BCUT2D eigenvalue weighted by atomic mass is 10.2. The van der Waals surface area contributed by atoms with Crippen molar-refractivity contribution in [3.63, 3.8) is 0 Å². The molecule has 2 aromatic heterocycles. The van der Waals surface area contributed by atoms with Gasteiger partial charge in [-0.1, -0.05) is 11.6 Å². The summed E-state index contributed by atoms with van der Waals surface area (Å²) in [7, 11) is 0. The molecule has 0 aliphatic carbocycles. The highest BCUT2D eigenvalue weighted by atomic mass is 35.5. The summed E-state index contributed by atoms with van der Waals surface area (Å²) < 4.78 is 14.9. The van der Waals surface area contributed by atoms with Gasteiger partial charge in [-0.2, -0.15) is 0 Å². The van der Waals surface area contributed by atoms with E-state index in [-0.39, 0.29) is 5.82 Å². The molecule has 0 unspecified atom stereocenters. The monoisotopic (exact) mass is 275 g/mol. The largest absolute Gasteiger partial charge is 0.326 e. The topological polar surface area (TPSA) is 43.3 Å². The quantitative estimate of drug-likeness (QED) is 0.780. The number of rotatable bonds is 2. The zero-order chi connectivity index (χ0) is 13.4. The van der Waals surface area contributed by atoms with Crippen molar-refractivity contribution in [2.24, 2.45) is 5.73 Å². The van der Waals surface area contributed by atoms with Gasteiger partial charge < -0.3 is 10.1 Å². The maximum Gasteiger partial charge on any atom is 0.137 e. The Morgan fingerprint density at radius 3 is 2.84 bits per heavy atom. The van der Waals surface area contributed by atoms with Crippen molar-refractivity contribution < 1.29 is 4.39 Å². The summed E-state index contributed by atoms with van der Waals surface area (Å²) in [4.78, 5) is 4.48. The van der Waals surface area contributed by atoms with Gasteiger partial charge in [-0.25, -0.2) is 9.37 Å². The Labute approximate surface area is 114 Å². The van der Waals surface area contributed by atoms with E-state index in [2.05, 4.69) is 4.98 Å². The van der Waals surface area contributed by atoms with E-state index in [1.54, 1.807) is 6.07 Å². The second-order valence-corrected chi connectivity index (χ2v) is 4.66. The molecule has 0 aliphatic heterocycles. The lowest BCUT2D eigenvalue weighted by molar-refractivity contribution is 0.628. The first-order valence-corrected chi connectivity index (χ1v) is 6.18. The molecule has 0 saturated carbocycles. The molecule has 3 nitrogen and oxygen atoms in total. The smallest absolute Gasteiger partial charge is 0.137 e. The molecule has 0 amide bonds. The summed E-state index contributed by atoms with van der Waals surface area (Å²) in [5.41, 5.74) is 8.82. The van der Waals surface area contributed by atoms with Crippen LogP contribution in [0, 0.1) is 5.82 Å². The molecule has 19 heavy (non-hydrogen) atoms. The molecule has 2 heterocycles. The zero-order valence-corrected chi connectivity index (χ0v) is 10.7. The number of benzene rings is 1. The van der Waals surface area contributed by atoms with Crippen molar-refractivity contribution in [2.45, 2.75) is 6.54 Å². The van der Waals surface area contributed by atoms with E-state index in [1.165, 1.54) is 12.1 Å². The molecule has 0 spiro atoms. The molecule has 3 aromatic rings. The third-order valence-corrected chi connectivity index (χ3v) is 3.28. The van der Waals surface area contributed by atoms with Crippen LogP contribution >= 0.6 is 11.6 Å². The molecule has 1 aromatic carbocycles. The zero-order valence-electron chi connectivity index (χ0n) is 9.98. The number of aromatic nitrogens is 2. The fourth-order valence-corrected chi connectivity index (χ4v) is 2.24. The minimum atomic E-state index is -0.358. The van der Waals surface area contributed by atoms with E-state index in [4.69, 9.17) is 17.3 Å². The molecule has 0 fully saturated rings. The van der Waals surface area contributed by atoms with Crippen LogP contribution in [0.4, 0.5) is 4.39 Å². The SMILES string of the molecule is NCc1ccn2cc(-c3ccc(F)cc3Cl)nc2c1. The van der Waals surface area contributed by atoms with Gasteiger partial charge in [-0.15, -0.1) is 0 Å². The lowest BCUT2D eigenvalue weighted by Crippen LogP contribution is -1.96. The Bertz CT molecular complexity index is 752. The highest BCUT2D eigenvalue weighted by Gasteiger charge is 2.09. The van der Waals surface area contributed by atoms with E-state index in [0.29, 0.717) is 22.8 Å². The first-order valence-electron chi connectivity index (χ1n) is 5.80. The van der Waals surface area contributed by atoms with Gasteiger partial charge in [0.05, 0.1) is 10.7 Å². The molecular formula is C14H11ClFN3. The average Bonchev–Trinajstić information content (AvgIpc) is 2.80. The number of hydrogen-bond donors (Lipinski definition) is 1. The number of imidazole rings is 1. The van der Waals surface area contributed by atoms with Crippen molar-refractivity contribution in [3.8, 4) is 11.3 Å². The summed E-state index contributed by atoms with van der Waals surface area (Å²) in [5.74, 6) is -0.358. The van der Waals surface area contributed by atoms with Gasteiger partial charge in [0.25, 0.3) is 0 Å². The number of fused-ring (bicyclic) bond motifs is 1. The van der Waals surface area contributed by atoms with Crippen LogP contribution in [0.5, 0.6) is 0 Å². The highest BCUT2D eigenvalue weighted by Crippen LogP contribution is 2.28. The fraction of sp³-hybridized carbons (Fsp3) is 0.0714. The minimum absolute atomic E-state index is 0.349. The second-order valence-electron chi connectivity index (χ2n) is 4.25. The first kappa shape index (κ1) is 12.1. The summed E-state index contributed by atoms with van der Waals surface area (Å²) in [5, 5.41) is 0.349. The molecule has 0 radical (unpaired) electrons. The average molecular weight is 276 g/mol. The molecule has 0 aliphatic rings. The van der Waals surface area contributed by atoms with Gasteiger partial charge in [-0.3, -0.25) is 0 Å². The predicted octanol–water partition coefficient (Wildman–Crippen LogP) is 3.25. The molecule has 96 valence electrons. The van der Waals surface area contributed by atoms with Gasteiger partial charge in [0.2, 0.25) is 0 Å². The van der Waals surface area contributed by atoms with E-state index in [9.17, 15) is 4.39 Å². The molecule has 2 N–H and O–H groups in total. The van der Waals surface area contributed by atoms with Crippen LogP contribution in [0.3, 0.4) is 0 Å². The Kier molecular flexibility index (Phi) is 2.97. The standard InChI is InChI=1S/C14H11ClFN3/c15-12-6-10(16)1-2-11(12)13-8-19-4-3-9(7-17)5-14(19)18-13/h1-6,8H,7,17H2. The number of nitrogens with zero attached hydrogens (tertiary/aromatic N) is 2. The number of pyridine rings is 1. The van der Waals surface area contributed by atoms with Crippen LogP contribution in [0.15, 0.2) is 42.7 Å². The Hall–Kier alpha value is -1.91. The second kappa shape index (κ2) is 4.64. The van der Waals surface area contributed by atoms with Crippen LogP contribution < -0.4 is 5.73 Å². The van der Waals surface area contributed by atoms with Crippen molar-refractivity contribution in [1.82, 2.24) is 9.38 Å². The number of halogens is 2. The van der Waals surface area contributed by atoms with Crippen LogP contribution in [0.1, 0.15) is 5.56 Å². The van der Waals surface area contributed by atoms with Gasteiger partial charge >= 0.3 is 0 Å². The van der Waals surface area contributed by atoms with E-state index in [1.807, 2.05) is 28.9 Å². The minimum Gasteiger partial charge on any atom is -0.326 e. The highest BCUT2D eigenvalue weighted by molar-refractivity contribution is 6.33. The summed E-state index contributed by atoms with van der Waals surface area (Å²) in [6.07, 6.45) is 3.75. The van der Waals surface area contributed by atoms with E-state index in [0.717, 1.165) is 11.2 Å². The van der Waals surface area contributed by atoms with Gasteiger partial charge in [0, 0.05) is 24.5 Å². The third kappa shape index (κ3) is 2.20. The van der Waals surface area contributed by atoms with Crippen molar-refractivity contribution in [3.05, 3.63) is 59.1 Å². The van der Waals surface area contributed by atoms with Gasteiger partial charge in [-0.05, 0) is 35.9 Å². The maximum atomic E-state index is 13.0. The van der Waals surface area contributed by atoms with Crippen molar-refractivity contribution >= 4 is 17.2 Å². The summed E-state index contributed by atoms with van der Waals surface area (Å²) in [6.45, 7) is 0.468. The van der Waals surface area contributed by atoms with Gasteiger partial charge in [0.1, 0.15) is 11.5 Å².